The normalized spacial score (nSPS) is 16.9. The van der Waals surface area contributed by atoms with Crippen LogP contribution in [-0.2, 0) is 11.3 Å². The van der Waals surface area contributed by atoms with Crippen molar-refractivity contribution in [3.05, 3.63) is 47.7 Å². The lowest BCUT2D eigenvalue weighted by molar-refractivity contribution is 0.0952. The van der Waals surface area contributed by atoms with Crippen LogP contribution in [0.5, 0.6) is 5.88 Å². The molecule has 2 aromatic heterocycles. The van der Waals surface area contributed by atoms with E-state index in [-0.39, 0.29) is 12.0 Å². The van der Waals surface area contributed by atoms with Gasteiger partial charge in [0.05, 0.1) is 18.8 Å². The maximum absolute atomic E-state index is 12.4. The van der Waals surface area contributed by atoms with Gasteiger partial charge in [-0.1, -0.05) is 6.07 Å². The van der Waals surface area contributed by atoms with Crippen LogP contribution in [0.2, 0.25) is 0 Å². The Balaban J connectivity index is 1.42. The van der Waals surface area contributed by atoms with Crippen LogP contribution in [-0.4, -0.2) is 45.6 Å². The lowest BCUT2D eigenvalue weighted by Crippen LogP contribution is -2.23. The van der Waals surface area contributed by atoms with Crippen molar-refractivity contribution in [1.82, 2.24) is 25.7 Å². The fourth-order valence-electron chi connectivity index (χ4n) is 2.73. The molecule has 0 saturated carbocycles. The maximum atomic E-state index is 12.4. The number of para-hydroxylation sites is 1. The summed E-state index contributed by atoms with van der Waals surface area (Å²) in [4.78, 5) is 16.6. The number of nitrogens with zero attached hydrogens (tertiary/aromatic N) is 3. The third-order valence-electron chi connectivity index (χ3n) is 4.02. The second-order valence-corrected chi connectivity index (χ2v) is 5.79. The predicted molar refractivity (Wildman–Crippen MR) is 89.1 cm³/mol. The largest absolute Gasteiger partial charge is 0.472 e. The van der Waals surface area contributed by atoms with Crippen LogP contribution < -0.4 is 10.1 Å². The van der Waals surface area contributed by atoms with E-state index in [1.807, 2.05) is 12.1 Å². The quantitative estimate of drug-likeness (QED) is 0.729. The van der Waals surface area contributed by atoms with Gasteiger partial charge in [0.25, 0.3) is 5.91 Å². The van der Waals surface area contributed by atoms with Gasteiger partial charge in [0, 0.05) is 25.2 Å². The van der Waals surface area contributed by atoms with E-state index in [0.717, 1.165) is 12.0 Å². The first-order chi connectivity index (χ1) is 12.3. The van der Waals surface area contributed by atoms with Crippen LogP contribution in [0.3, 0.4) is 0 Å². The summed E-state index contributed by atoms with van der Waals surface area (Å²) in [5.41, 5.74) is 2.61. The highest BCUT2D eigenvalue weighted by Crippen LogP contribution is 2.16. The number of pyridine rings is 1. The van der Waals surface area contributed by atoms with Crippen molar-refractivity contribution in [3.63, 3.8) is 0 Å². The van der Waals surface area contributed by atoms with Gasteiger partial charge in [-0.25, -0.2) is 4.98 Å². The van der Waals surface area contributed by atoms with Crippen molar-refractivity contribution in [1.29, 1.82) is 0 Å². The molecule has 0 spiro atoms. The molecular weight excluding hydrogens is 322 g/mol. The van der Waals surface area contributed by atoms with E-state index in [9.17, 15) is 4.79 Å². The first-order valence-corrected chi connectivity index (χ1v) is 8.06. The summed E-state index contributed by atoms with van der Waals surface area (Å²) in [6.07, 6.45) is 2.58. The Morgan fingerprint density at radius 2 is 2.32 bits per heavy atom. The molecule has 1 aliphatic heterocycles. The van der Waals surface area contributed by atoms with Crippen LogP contribution in [0, 0.1) is 0 Å². The summed E-state index contributed by atoms with van der Waals surface area (Å²) in [6.45, 7) is 1.67. The van der Waals surface area contributed by atoms with Gasteiger partial charge in [0.1, 0.15) is 17.1 Å². The number of benzene rings is 1. The molecule has 128 valence electrons. The minimum Gasteiger partial charge on any atom is -0.472 e. The van der Waals surface area contributed by atoms with Gasteiger partial charge in [-0.05, 0) is 23.8 Å². The van der Waals surface area contributed by atoms with E-state index in [1.165, 1.54) is 0 Å². The number of aromatic nitrogens is 4. The van der Waals surface area contributed by atoms with Crippen LogP contribution in [0.1, 0.15) is 22.3 Å². The average molecular weight is 339 g/mol. The molecule has 0 radical (unpaired) electrons. The smallest absolute Gasteiger partial charge is 0.253 e. The molecule has 25 heavy (non-hydrogen) atoms. The Hall–Kier alpha value is -3.00. The van der Waals surface area contributed by atoms with Crippen molar-refractivity contribution in [2.75, 3.05) is 13.2 Å². The molecule has 1 aromatic carbocycles. The van der Waals surface area contributed by atoms with Gasteiger partial charge in [0.2, 0.25) is 5.88 Å². The number of ether oxygens (including phenoxy) is 2. The van der Waals surface area contributed by atoms with Crippen LogP contribution in [0.25, 0.3) is 11.0 Å². The third kappa shape index (κ3) is 3.43. The number of fused-ring (bicyclic) bond motifs is 1. The molecule has 2 N–H and O–H groups in total. The van der Waals surface area contributed by atoms with Crippen LogP contribution >= 0.6 is 0 Å². The maximum Gasteiger partial charge on any atom is 0.253 e. The highest BCUT2D eigenvalue weighted by atomic mass is 16.5. The van der Waals surface area contributed by atoms with Gasteiger partial charge >= 0.3 is 0 Å². The molecule has 8 heteroatoms. The second-order valence-electron chi connectivity index (χ2n) is 5.79. The molecule has 3 aromatic rings. The fourth-order valence-corrected chi connectivity index (χ4v) is 2.73. The Labute approximate surface area is 143 Å². The third-order valence-corrected chi connectivity index (χ3v) is 4.02. The molecule has 1 saturated heterocycles. The lowest BCUT2D eigenvalue weighted by Gasteiger charge is -2.12. The Morgan fingerprint density at radius 1 is 1.36 bits per heavy atom. The number of carbonyl (C=O) groups excluding carboxylic acids is 1. The second kappa shape index (κ2) is 6.86. The molecule has 1 fully saturated rings. The zero-order valence-corrected chi connectivity index (χ0v) is 13.4. The first kappa shape index (κ1) is 15.5. The van der Waals surface area contributed by atoms with Crippen molar-refractivity contribution in [3.8, 4) is 5.88 Å². The number of aromatic amines is 1. The van der Waals surface area contributed by atoms with E-state index in [1.54, 1.807) is 24.4 Å². The van der Waals surface area contributed by atoms with Gasteiger partial charge in [-0.3, -0.25) is 4.79 Å². The SMILES string of the molecule is O=C(NCc1ccnc(OC2CCOC2)c1)c1cccc2n[nH]nc12. The summed E-state index contributed by atoms with van der Waals surface area (Å²) < 4.78 is 11.1. The van der Waals surface area contributed by atoms with E-state index in [4.69, 9.17) is 9.47 Å². The summed E-state index contributed by atoms with van der Waals surface area (Å²) in [5.74, 6) is 0.337. The standard InChI is InChI=1S/C17H17N5O3/c23-17(13-2-1-3-14-16(13)21-22-20-14)19-9-11-4-6-18-15(8-11)25-12-5-7-24-10-12/h1-4,6,8,12H,5,7,9-10H2,(H,19,23)(H,20,21,22). The number of H-pyrrole nitrogens is 1. The van der Waals surface area contributed by atoms with E-state index >= 15 is 0 Å². The van der Waals surface area contributed by atoms with E-state index in [0.29, 0.717) is 42.2 Å². The molecule has 0 aliphatic carbocycles. The monoisotopic (exact) mass is 339 g/mol. The Kier molecular flexibility index (Phi) is 4.26. The average Bonchev–Trinajstić information content (AvgIpc) is 3.31. The molecule has 3 heterocycles. The number of hydrogen-bond acceptors (Lipinski definition) is 6. The molecule has 1 amide bonds. The number of nitrogens with one attached hydrogen (secondary N) is 2. The van der Waals surface area contributed by atoms with Gasteiger partial charge in [0.15, 0.2) is 0 Å². The minimum absolute atomic E-state index is 0.0436. The summed E-state index contributed by atoms with van der Waals surface area (Å²) in [5, 5.41) is 13.4. The molecule has 4 rings (SSSR count). The predicted octanol–water partition coefficient (Wildman–Crippen LogP) is 1.45. The van der Waals surface area contributed by atoms with Crippen LogP contribution in [0.15, 0.2) is 36.5 Å². The van der Waals surface area contributed by atoms with Gasteiger partial charge in [-0.2, -0.15) is 15.4 Å². The Bertz CT molecular complexity index is 889. The number of hydrogen-bond donors (Lipinski definition) is 2. The summed E-state index contributed by atoms with van der Waals surface area (Å²) >= 11 is 0. The first-order valence-electron chi connectivity index (χ1n) is 8.06. The number of rotatable bonds is 5. The number of amides is 1. The van der Waals surface area contributed by atoms with E-state index < -0.39 is 0 Å². The highest BCUT2D eigenvalue weighted by Gasteiger charge is 2.18. The molecule has 1 aliphatic rings. The topological polar surface area (TPSA) is 102 Å². The zero-order chi connectivity index (χ0) is 17.1. The molecule has 1 unspecified atom stereocenters. The van der Waals surface area contributed by atoms with E-state index in [2.05, 4.69) is 25.7 Å². The fraction of sp³-hybridized carbons (Fsp3) is 0.294. The molecule has 1 atom stereocenters. The van der Waals surface area contributed by atoms with Gasteiger partial charge in [-0.15, -0.1) is 0 Å². The Morgan fingerprint density at radius 3 is 3.20 bits per heavy atom. The highest BCUT2D eigenvalue weighted by molar-refractivity contribution is 6.04. The molecular formula is C17H17N5O3. The van der Waals surface area contributed by atoms with Crippen LogP contribution in [0.4, 0.5) is 0 Å². The minimum atomic E-state index is -0.206. The van der Waals surface area contributed by atoms with Crippen molar-refractivity contribution in [2.45, 2.75) is 19.1 Å². The summed E-state index contributed by atoms with van der Waals surface area (Å²) in [7, 11) is 0. The van der Waals surface area contributed by atoms with Crippen molar-refractivity contribution in [2.24, 2.45) is 0 Å². The van der Waals surface area contributed by atoms with Crippen molar-refractivity contribution >= 4 is 16.9 Å². The zero-order valence-electron chi connectivity index (χ0n) is 13.4. The lowest BCUT2D eigenvalue weighted by atomic mass is 10.1. The summed E-state index contributed by atoms with van der Waals surface area (Å²) in [6, 6.07) is 8.97. The number of carbonyl (C=O) groups is 1. The van der Waals surface area contributed by atoms with Gasteiger partial charge < -0.3 is 14.8 Å². The van der Waals surface area contributed by atoms with Crippen molar-refractivity contribution < 1.29 is 14.3 Å². The molecule has 0 bridgehead atoms. The molecule has 8 nitrogen and oxygen atoms in total.